The fourth-order valence-electron chi connectivity index (χ4n) is 2.93. The number of halogens is 2. The maximum absolute atomic E-state index is 12.6. The van der Waals surface area contributed by atoms with Gasteiger partial charge in [0.15, 0.2) is 0 Å². The Hall–Kier alpha value is -2.04. The summed E-state index contributed by atoms with van der Waals surface area (Å²) in [4.78, 5) is 28.8. The highest BCUT2D eigenvalue weighted by molar-refractivity contribution is 6.36. The number of carbonyl (C=O) groups excluding carboxylic acids is 2. The molecule has 2 aromatic carbocycles. The van der Waals surface area contributed by atoms with Gasteiger partial charge in [-0.05, 0) is 36.8 Å². The highest BCUT2D eigenvalue weighted by Gasteiger charge is 2.26. The van der Waals surface area contributed by atoms with Crippen molar-refractivity contribution in [3.05, 3.63) is 69.2 Å². The van der Waals surface area contributed by atoms with Gasteiger partial charge in [0.25, 0.3) is 11.8 Å². The molecule has 2 aromatic rings. The van der Waals surface area contributed by atoms with Crippen LogP contribution in [0.2, 0.25) is 10.0 Å². The summed E-state index contributed by atoms with van der Waals surface area (Å²) < 4.78 is 0. The van der Waals surface area contributed by atoms with Gasteiger partial charge in [0.1, 0.15) is 0 Å². The molecule has 2 amide bonds. The molecule has 130 valence electrons. The van der Waals surface area contributed by atoms with Crippen LogP contribution < -0.4 is 0 Å². The van der Waals surface area contributed by atoms with Crippen molar-refractivity contribution < 1.29 is 9.59 Å². The van der Waals surface area contributed by atoms with Crippen molar-refractivity contribution in [1.82, 2.24) is 9.80 Å². The average molecular weight is 377 g/mol. The molecule has 0 N–H and O–H groups in total. The molecule has 0 aliphatic carbocycles. The Morgan fingerprint density at radius 3 is 1.96 bits per heavy atom. The van der Waals surface area contributed by atoms with Gasteiger partial charge in [0, 0.05) is 36.8 Å². The van der Waals surface area contributed by atoms with Gasteiger partial charge in [-0.3, -0.25) is 9.59 Å². The highest BCUT2D eigenvalue weighted by Crippen LogP contribution is 2.23. The molecule has 0 saturated carbocycles. The summed E-state index contributed by atoms with van der Waals surface area (Å²) in [6.45, 7) is 3.90. The van der Waals surface area contributed by atoms with E-state index in [2.05, 4.69) is 0 Å². The largest absolute Gasteiger partial charge is 0.335 e. The van der Waals surface area contributed by atoms with E-state index in [1.807, 2.05) is 31.2 Å². The third kappa shape index (κ3) is 3.80. The van der Waals surface area contributed by atoms with Gasteiger partial charge in [-0.2, -0.15) is 0 Å². The van der Waals surface area contributed by atoms with Crippen LogP contribution in [-0.4, -0.2) is 47.8 Å². The third-order valence-electron chi connectivity index (χ3n) is 4.39. The van der Waals surface area contributed by atoms with Crippen LogP contribution in [0.15, 0.2) is 42.5 Å². The Balaban J connectivity index is 1.66. The van der Waals surface area contributed by atoms with Gasteiger partial charge in [0.2, 0.25) is 0 Å². The number of benzene rings is 2. The zero-order valence-electron chi connectivity index (χ0n) is 13.8. The Morgan fingerprint density at radius 1 is 0.840 bits per heavy atom. The first kappa shape index (κ1) is 17.8. The molecule has 0 atom stereocenters. The van der Waals surface area contributed by atoms with Gasteiger partial charge in [-0.1, -0.05) is 41.4 Å². The lowest BCUT2D eigenvalue weighted by molar-refractivity contribution is 0.0535. The Kier molecular flexibility index (Phi) is 5.30. The first-order valence-corrected chi connectivity index (χ1v) is 8.82. The molecule has 0 spiro atoms. The first-order chi connectivity index (χ1) is 12.0. The highest BCUT2D eigenvalue weighted by atomic mass is 35.5. The number of rotatable bonds is 2. The van der Waals surface area contributed by atoms with Crippen molar-refractivity contribution in [3.8, 4) is 0 Å². The van der Waals surface area contributed by atoms with Crippen molar-refractivity contribution in [2.24, 2.45) is 0 Å². The van der Waals surface area contributed by atoms with Crippen LogP contribution in [0.5, 0.6) is 0 Å². The molecular formula is C19H18Cl2N2O2. The number of carbonyl (C=O) groups is 2. The summed E-state index contributed by atoms with van der Waals surface area (Å²) in [5.41, 5.74) is 2.10. The van der Waals surface area contributed by atoms with E-state index in [1.165, 1.54) is 0 Å². The van der Waals surface area contributed by atoms with E-state index in [0.717, 1.165) is 5.56 Å². The summed E-state index contributed by atoms with van der Waals surface area (Å²) in [7, 11) is 0. The number of nitrogens with zero attached hydrogens (tertiary/aromatic N) is 2. The van der Waals surface area contributed by atoms with Crippen molar-refractivity contribution >= 4 is 35.0 Å². The Morgan fingerprint density at radius 2 is 1.40 bits per heavy atom. The second-order valence-corrected chi connectivity index (χ2v) is 6.87. The molecule has 25 heavy (non-hydrogen) atoms. The van der Waals surface area contributed by atoms with Crippen molar-refractivity contribution in [1.29, 1.82) is 0 Å². The van der Waals surface area contributed by atoms with E-state index in [9.17, 15) is 9.59 Å². The number of piperazine rings is 1. The molecule has 0 radical (unpaired) electrons. The smallest absolute Gasteiger partial charge is 0.255 e. The summed E-state index contributed by atoms with van der Waals surface area (Å²) in [6.07, 6.45) is 0. The van der Waals surface area contributed by atoms with Crippen LogP contribution in [0.3, 0.4) is 0 Å². The standard InChI is InChI=1S/C19H18Cl2N2O2/c1-13-4-2-3-5-15(13)18(24)22-8-10-23(11-9-22)19(25)16-7-6-14(20)12-17(16)21/h2-7,12H,8-11H2,1H3. The van der Waals surface area contributed by atoms with E-state index in [0.29, 0.717) is 47.4 Å². The molecule has 0 aromatic heterocycles. The van der Waals surface area contributed by atoms with Crippen LogP contribution in [0.25, 0.3) is 0 Å². The zero-order chi connectivity index (χ0) is 18.0. The van der Waals surface area contributed by atoms with E-state index < -0.39 is 0 Å². The van der Waals surface area contributed by atoms with Gasteiger partial charge >= 0.3 is 0 Å². The van der Waals surface area contributed by atoms with E-state index in [4.69, 9.17) is 23.2 Å². The molecule has 1 aliphatic rings. The normalized spacial score (nSPS) is 14.5. The number of hydrogen-bond donors (Lipinski definition) is 0. The predicted octanol–water partition coefficient (Wildman–Crippen LogP) is 3.90. The number of amides is 2. The van der Waals surface area contributed by atoms with Crippen molar-refractivity contribution in [2.75, 3.05) is 26.2 Å². The Bertz CT molecular complexity index is 815. The van der Waals surface area contributed by atoms with Crippen molar-refractivity contribution in [2.45, 2.75) is 6.92 Å². The maximum Gasteiger partial charge on any atom is 0.255 e. The van der Waals surface area contributed by atoms with Gasteiger partial charge in [-0.25, -0.2) is 0 Å². The molecule has 4 nitrogen and oxygen atoms in total. The van der Waals surface area contributed by atoms with Crippen LogP contribution in [-0.2, 0) is 0 Å². The first-order valence-electron chi connectivity index (χ1n) is 8.06. The second kappa shape index (κ2) is 7.46. The van der Waals surface area contributed by atoms with Crippen molar-refractivity contribution in [3.63, 3.8) is 0 Å². The summed E-state index contributed by atoms with van der Waals surface area (Å²) in [5.74, 6) is -0.126. The lowest BCUT2D eigenvalue weighted by Crippen LogP contribution is -2.50. The third-order valence-corrected chi connectivity index (χ3v) is 4.94. The summed E-state index contributed by atoms with van der Waals surface area (Å²) >= 11 is 12.0. The molecule has 3 rings (SSSR count). The second-order valence-electron chi connectivity index (χ2n) is 6.02. The van der Waals surface area contributed by atoms with Crippen LogP contribution in [0, 0.1) is 6.92 Å². The molecule has 6 heteroatoms. The predicted molar refractivity (Wildman–Crippen MR) is 99.4 cm³/mol. The minimum Gasteiger partial charge on any atom is -0.335 e. The van der Waals surface area contributed by atoms with Gasteiger partial charge in [-0.15, -0.1) is 0 Å². The molecule has 1 fully saturated rings. The van der Waals surface area contributed by atoms with Gasteiger partial charge in [0.05, 0.1) is 10.6 Å². The molecule has 1 saturated heterocycles. The summed E-state index contributed by atoms with van der Waals surface area (Å²) in [6, 6.07) is 12.4. The molecule has 1 aliphatic heterocycles. The average Bonchev–Trinajstić information content (AvgIpc) is 2.61. The molecule has 0 bridgehead atoms. The number of aryl methyl sites for hydroxylation is 1. The maximum atomic E-state index is 12.6. The molecular weight excluding hydrogens is 359 g/mol. The fourth-order valence-corrected chi connectivity index (χ4v) is 3.42. The quantitative estimate of drug-likeness (QED) is 0.797. The lowest BCUT2D eigenvalue weighted by Gasteiger charge is -2.35. The minimum absolute atomic E-state index is 0.00900. The van der Waals surface area contributed by atoms with Crippen LogP contribution in [0.4, 0.5) is 0 Å². The van der Waals surface area contributed by atoms with Gasteiger partial charge < -0.3 is 9.80 Å². The molecule has 1 heterocycles. The van der Waals surface area contributed by atoms with E-state index >= 15 is 0 Å². The monoisotopic (exact) mass is 376 g/mol. The minimum atomic E-state index is -0.135. The lowest BCUT2D eigenvalue weighted by atomic mass is 10.1. The van der Waals surface area contributed by atoms with E-state index in [1.54, 1.807) is 28.0 Å². The number of hydrogen-bond acceptors (Lipinski definition) is 2. The SMILES string of the molecule is Cc1ccccc1C(=O)N1CCN(C(=O)c2ccc(Cl)cc2Cl)CC1. The molecule has 0 unspecified atom stereocenters. The summed E-state index contributed by atoms with van der Waals surface area (Å²) in [5, 5.41) is 0.839. The van der Waals surface area contributed by atoms with Crippen LogP contribution in [0.1, 0.15) is 26.3 Å². The Labute approximate surface area is 156 Å². The fraction of sp³-hybridized carbons (Fsp3) is 0.263. The zero-order valence-corrected chi connectivity index (χ0v) is 15.3. The topological polar surface area (TPSA) is 40.6 Å². The van der Waals surface area contributed by atoms with E-state index in [-0.39, 0.29) is 11.8 Å². The van der Waals surface area contributed by atoms with Crippen LogP contribution >= 0.6 is 23.2 Å².